The van der Waals surface area contributed by atoms with Crippen molar-refractivity contribution in [2.75, 3.05) is 6.54 Å². The Bertz CT molecular complexity index is 634. The van der Waals surface area contributed by atoms with Crippen LogP contribution in [-0.4, -0.2) is 24.5 Å². The maximum Gasteiger partial charge on any atom is 0.251 e. The number of hydrogen-bond acceptors (Lipinski definition) is 3. The summed E-state index contributed by atoms with van der Waals surface area (Å²) in [6.07, 6.45) is 3.90. The van der Waals surface area contributed by atoms with Crippen LogP contribution in [0.3, 0.4) is 0 Å². The third-order valence-electron chi connectivity index (χ3n) is 4.40. The van der Waals surface area contributed by atoms with Gasteiger partial charge in [0.2, 0.25) is 0 Å². The molecule has 0 unspecified atom stereocenters. The van der Waals surface area contributed by atoms with Gasteiger partial charge in [-0.1, -0.05) is 6.07 Å². The van der Waals surface area contributed by atoms with E-state index >= 15 is 0 Å². The minimum absolute atomic E-state index is 0.0100. The molecule has 1 aliphatic heterocycles. The molecule has 1 amide bonds. The van der Waals surface area contributed by atoms with Crippen molar-refractivity contribution in [3.63, 3.8) is 0 Å². The Labute approximate surface area is 111 Å². The maximum atomic E-state index is 12.3. The summed E-state index contributed by atoms with van der Waals surface area (Å²) in [5.74, 6) is 0.608. The van der Waals surface area contributed by atoms with Crippen LogP contribution in [0, 0.1) is 5.92 Å². The van der Waals surface area contributed by atoms with Gasteiger partial charge in [-0.05, 0) is 37.0 Å². The molecule has 0 radical (unpaired) electrons. The van der Waals surface area contributed by atoms with Crippen LogP contribution in [0.25, 0.3) is 11.0 Å². The van der Waals surface area contributed by atoms with E-state index in [4.69, 9.17) is 4.42 Å². The first kappa shape index (κ1) is 11.1. The number of piperidine rings is 1. The topological polar surface area (TPSA) is 54.3 Å². The third kappa shape index (κ3) is 1.83. The molecule has 2 bridgehead atoms. The van der Waals surface area contributed by atoms with E-state index in [1.807, 2.05) is 24.3 Å². The summed E-state index contributed by atoms with van der Waals surface area (Å²) < 4.78 is 5.34. The Balaban J connectivity index is 1.53. The monoisotopic (exact) mass is 256 g/mol. The smallest absolute Gasteiger partial charge is 0.251 e. The molecule has 1 aromatic carbocycles. The number of rotatable bonds is 2. The van der Waals surface area contributed by atoms with Crippen molar-refractivity contribution in [2.24, 2.45) is 5.92 Å². The molecule has 1 aliphatic carbocycles. The number of hydrogen-bond donors (Lipinski definition) is 2. The van der Waals surface area contributed by atoms with Gasteiger partial charge < -0.3 is 15.1 Å². The van der Waals surface area contributed by atoms with Crippen molar-refractivity contribution >= 4 is 16.9 Å². The molecule has 3 atom stereocenters. The van der Waals surface area contributed by atoms with Gasteiger partial charge in [-0.25, -0.2) is 0 Å². The molecule has 2 heterocycles. The Morgan fingerprint density at radius 1 is 1.32 bits per heavy atom. The van der Waals surface area contributed by atoms with E-state index in [1.165, 1.54) is 6.42 Å². The fourth-order valence-corrected chi connectivity index (χ4v) is 3.36. The number of furan rings is 1. The summed E-state index contributed by atoms with van der Waals surface area (Å²) in [6, 6.07) is 8.43. The standard InChI is InChI=1S/C15H16N2O2/c18-15(17-13-7-12-5-11(13)8-16-12)10-2-1-9-3-4-19-14(9)6-10/h1-4,6,11-13,16H,5,7-8H2,(H,17,18)/t11-,12+,13+/m0/s1. The second kappa shape index (κ2) is 4.10. The number of carbonyl (C=O) groups is 1. The zero-order valence-corrected chi connectivity index (χ0v) is 10.6. The molecule has 4 rings (SSSR count). The second-order valence-corrected chi connectivity index (χ2v) is 5.59. The normalized spacial score (nSPS) is 28.9. The van der Waals surface area contributed by atoms with E-state index in [0.29, 0.717) is 23.6 Å². The first-order chi connectivity index (χ1) is 9.29. The molecule has 4 nitrogen and oxygen atoms in total. The van der Waals surface area contributed by atoms with Crippen LogP contribution in [-0.2, 0) is 0 Å². The third-order valence-corrected chi connectivity index (χ3v) is 4.40. The zero-order valence-electron chi connectivity index (χ0n) is 10.6. The van der Waals surface area contributed by atoms with E-state index in [-0.39, 0.29) is 5.91 Å². The van der Waals surface area contributed by atoms with E-state index in [2.05, 4.69) is 10.6 Å². The van der Waals surface area contributed by atoms with Crippen molar-refractivity contribution < 1.29 is 9.21 Å². The molecule has 98 valence electrons. The molecule has 2 aliphatic rings. The van der Waals surface area contributed by atoms with E-state index in [0.717, 1.165) is 23.9 Å². The molecule has 2 fully saturated rings. The maximum absolute atomic E-state index is 12.3. The Kier molecular flexibility index (Phi) is 2.38. The average molecular weight is 256 g/mol. The van der Waals surface area contributed by atoms with Crippen LogP contribution >= 0.6 is 0 Å². The van der Waals surface area contributed by atoms with E-state index < -0.39 is 0 Å². The van der Waals surface area contributed by atoms with Gasteiger partial charge in [-0.2, -0.15) is 0 Å². The lowest BCUT2D eigenvalue weighted by molar-refractivity contribution is 0.0925. The number of fused-ring (bicyclic) bond motifs is 3. The molecule has 19 heavy (non-hydrogen) atoms. The van der Waals surface area contributed by atoms with Crippen molar-refractivity contribution in [3.05, 3.63) is 36.1 Å². The minimum Gasteiger partial charge on any atom is -0.464 e. The second-order valence-electron chi connectivity index (χ2n) is 5.59. The van der Waals surface area contributed by atoms with Crippen molar-refractivity contribution in [1.82, 2.24) is 10.6 Å². The quantitative estimate of drug-likeness (QED) is 0.863. The van der Waals surface area contributed by atoms with Crippen molar-refractivity contribution in [3.8, 4) is 0 Å². The summed E-state index contributed by atoms with van der Waals surface area (Å²) in [6.45, 7) is 1.03. The van der Waals surface area contributed by atoms with E-state index in [9.17, 15) is 4.79 Å². The fraction of sp³-hybridized carbons (Fsp3) is 0.400. The molecule has 1 aromatic heterocycles. The average Bonchev–Trinajstić information content (AvgIpc) is 3.13. The van der Waals surface area contributed by atoms with Gasteiger partial charge in [0.25, 0.3) is 5.91 Å². The van der Waals surface area contributed by atoms with Crippen LogP contribution < -0.4 is 10.6 Å². The number of carbonyl (C=O) groups excluding carboxylic acids is 1. The summed E-state index contributed by atoms with van der Waals surface area (Å²) >= 11 is 0. The van der Waals surface area contributed by atoms with Gasteiger partial charge in [-0.15, -0.1) is 0 Å². The van der Waals surface area contributed by atoms with Gasteiger partial charge in [0.15, 0.2) is 0 Å². The van der Waals surface area contributed by atoms with Crippen LogP contribution in [0.15, 0.2) is 34.9 Å². The zero-order chi connectivity index (χ0) is 12.8. The molecule has 1 saturated heterocycles. The van der Waals surface area contributed by atoms with Gasteiger partial charge in [0, 0.05) is 29.6 Å². The molecule has 1 saturated carbocycles. The largest absolute Gasteiger partial charge is 0.464 e. The van der Waals surface area contributed by atoms with Crippen LogP contribution in [0.5, 0.6) is 0 Å². The molecular formula is C15H16N2O2. The van der Waals surface area contributed by atoms with E-state index in [1.54, 1.807) is 6.26 Å². The lowest BCUT2D eigenvalue weighted by Crippen LogP contribution is -2.44. The van der Waals surface area contributed by atoms with Gasteiger partial charge in [0.05, 0.1) is 6.26 Å². The first-order valence-electron chi connectivity index (χ1n) is 6.81. The lowest BCUT2D eigenvalue weighted by Gasteiger charge is -2.23. The van der Waals surface area contributed by atoms with Crippen molar-refractivity contribution in [1.29, 1.82) is 0 Å². The highest BCUT2D eigenvalue weighted by Gasteiger charge is 2.40. The molecule has 4 heteroatoms. The summed E-state index contributed by atoms with van der Waals surface area (Å²) in [7, 11) is 0. The van der Waals surface area contributed by atoms with Crippen LogP contribution in [0.4, 0.5) is 0 Å². The number of benzene rings is 1. The predicted octanol–water partition coefficient (Wildman–Crippen LogP) is 1.91. The summed E-state index contributed by atoms with van der Waals surface area (Å²) in [5.41, 5.74) is 1.44. The SMILES string of the molecule is O=C(N[C@@H]1C[C@H]2C[C@H]1CN2)c1ccc2ccoc2c1. The predicted molar refractivity (Wildman–Crippen MR) is 72.0 cm³/mol. The van der Waals surface area contributed by atoms with Gasteiger partial charge >= 0.3 is 0 Å². The van der Waals surface area contributed by atoms with Crippen LogP contribution in [0.2, 0.25) is 0 Å². The Morgan fingerprint density at radius 3 is 3.05 bits per heavy atom. The fourth-order valence-electron chi connectivity index (χ4n) is 3.36. The number of nitrogens with one attached hydrogen (secondary N) is 2. The summed E-state index contributed by atoms with van der Waals surface area (Å²) in [5, 5.41) is 7.64. The highest BCUT2D eigenvalue weighted by atomic mass is 16.3. The highest BCUT2D eigenvalue weighted by Crippen LogP contribution is 2.31. The highest BCUT2D eigenvalue weighted by molar-refractivity contribution is 5.97. The lowest BCUT2D eigenvalue weighted by atomic mass is 10.0. The van der Waals surface area contributed by atoms with Crippen LogP contribution in [0.1, 0.15) is 23.2 Å². The Morgan fingerprint density at radius 2 is 2.26 bits per heavy atom. The van der Waals surface area contributed by atoms with Crippen molar-refractivity contribution in [2.45, 2.75) is 24.9 Å². The van der Waals surface area contributed by atoms with Gasteiger partial charge in [0.1, 0.15) is 5.58 Å². The molecular weight excluding hydrogens is 240 g/mol. The molecule has 2 N–H and O–H groups in total. The molecule has 2 aromatic rings. The molecule has 0 spiro atoms. The van der Waals surface area contributed by atoms with Gasteiger partial charge in [-0.3, -0.25) is 4.79 Å². The summed E-state index contributed by atoms with van der Waals surface area (Å²) in [4.78, 5) is 12.3. The number of amides is 1. The minimum atomic E-state index is 0.0100. The first-order valence-corrected chi connectivity index (χ1v) is 6.81. The Hall–Kier alpha value is -1.81.